The molecule has 0 aliphatic heterocycles. The summed E-state index contributed by atoms with van der Waals surface area (Å²) in [6, 6.07) is 9.20. The van der Waals surface area contributed by atoms with E-state index in [1.165, 1.54) is 25.3 Å². The van der Waals surface area contributed by atoms with Crippen molar-refractivity contribution in [3.05, 3.63) is 57.1 Å². The first kappa shape index (κ1) is 15.1. The summed E-state index contributed by atoms with van der Waals surface area (Å²) in [6.45, 7) is 0.361. The van der Waals surface area contributed by atoms with Crippen LogP contribution in [0.4, 0.5) is 5.69 Å². The molecule has 0 radical (unpaired) electrons. The molecule has 0 amide bonds. The van der Waals surface area contributed by atoms with Crippen LogP contribution in [-0.4, -0.2) is 12.0 Å². The number of hydrogen-bond acceptors (Lipinski definition) is 5. The Morgan fingerprint density at radius 1 is 1.19 bits per heavy atom. The van der Waals surface area contributed by atoms with Gasteiger partial charge in [-0.25, -0.2) is 0 Å². The van der Waals surface area contributed by atoms with E-state index < -0.39 is 4.92 Å². The molecule has 2 aromatic rings. The molecule has 2 N–H and O–H groups in total. The van der Waals surface area contributed by atoms with E-state index in [2.05, 4.69) is 0 Å². The number of nitro groups is 1. The monoisotopic (exact) mass is 308 g/mol. The van der Waals surface area contributed by atoms with Gasteiger partial charge in [-0.3, -0.25) is 10.1 Å². The summed E-state index contributed by atoms with van der Waals surface area (Å²) >= 11 is 6.10. The normalized spacial score (nSPS) is 10.2. The highest BCUT2D eigenvalue weighted by molar-refractivity contribution is 6.32. The van der Waals surface area contributed by atoms with Crippen molar-refractivity contribution < 1.29 is 14.4 Å². The molecule has 0 heterocycles. The second-order valence-corrected chi connectivity index (χ2v) is 4.57. The van der Waals surface area contributed by atoms with Crippen LogP contribution < -0.4 is 15.2 Å². The van der Waals surface area contributed by atoms with Gasteiger partial charge in [0.25, 0.3) is 5.69 Å². The van der Waals surface area contributed by atoms with E-state index in [4.69, 9.17) is 26.8 Å². The van der Waals surface area contributed by atoms with Crippen LogP contribution in [0.25, 0.3) is 0 Å². The molecular weight excluding hydrogens is 296 g/mol. The van der Waals surface area contributed by atoms with E-state index in [-0.39, 0.29) is 11.4 Å². The molecule has 0 aliphatic rings. The maximum Gasteiger partial charge on any atom is 0.273 e. The summed E-state index contributed by atoms with van der Waals surface area (Å²) in [5.41, 5.74) is 6.29. The molecule has 6 nitrogen and oxygen atoms in total. The van der Waals surface area contributed by atoms with Gasteiger partial charge in [0, 0.05) is 12.6 Å². The molecule has 0 unspecified atom stereocenters. The molecule has 2 aromatic carbocycles. The largest absolute Gasteiger partial charge is 0.493 e. The molecule has 0 spiro atoms. The molecule has 0 saturated heterocycles. The third-order valence-electron chi connectivity index (χ3n) is 2.81. The summed E-state index contributed by atoms with van der Waals surface area (Å²) in [5, 5.41) is 11.2. The molecule has 110 valence electrons. The van der Waals surface area contributed by atoms with Gasteiger partial charge in [-0.15, -0.1) is 0 Å². The predicted octanol–water partition coefficient (Wildman–Crippen LogP) is 3.51. The Morgan fingerprint density at radius 2 is 1.90 bits per heavy atom. The van der Waals surface area contributed by atoms with Gasteiger partial charge in [0.2, 0.25) is 0 Å². The van der Waals surface area contributed by atoms with Crippen molar-refractivity contribution in [2.45, 2.75) is 6.54 Å². The molecule has 0 saturated carbocycles. The van der Waals surface area contributed by atoms with Gasteiger partial charge < -0.3 is 15.2 Å². The van der Waals surface area contributed by atoms with E-state index in [0.29, 0.717) is 23.1 Å². The van der Waals surface area contributed by atoms with Crippen molar-refractivity contribution in [2.75, 3.05) is 7.11 Å². The van der Waals surface area contributed by atoms with Gasteiger partial charge in [0.05, 0.1) is 23.1 Å². The minimum Gasteiger partial charge on any atom is -0.493 e. The van der Waals surface area contributed by atoms with E-state index in [9.17, 15) is 10.1 Å². The standard InChI is InChI=1S/C14H13ClN2O4/c1-20-13-5-3-10(17(18)19)7-14(13)21-12-4-2-9(8-16)6-11(12)15/h2-7H,8,16H2,1H3. The Bertz CT molecular complexity index is 676. The number of benzene rings is 2. The molecular formula is C14H13ClN2O4. The Kier molecular flexibility index (Phi) is 4.62. The van der Waals surface area contributed by atoms with Crippen molar-refractivity contribution >= 4 is 17.3 Å². The third kappa shape index (κ3) is 3.42. The van der Waals surface area contributed by atoms with Crippen molar-refractivity contribution in [3.8, 4) is 17.2 Å². The van der Waals surface area contributed by atoms with Crippen LogP contribution in [0, 0.1) is 10.1 Å². The van der Waals surface area contributed by atoms with Gasteiger partial charge in [0.1, 0.15) is 5.75 Å². The molecule has 2 rings (SSSR count). The summed E-state index contributed by atoms with van der Waals surface area (Å²) in [5.74, 6) is 0.960. The maximum absolute atomic E-state index is 10.8. The number of nitrogens with two attached hydrogens (primary N) is 1. The van der Waals surface area contributed by atoms with Gasteiger partial charge in [-0.1, -0.05) is 17.7 Å². The summed E-state index contributed by atoms with van der Waals surface area (Å²) in [7, 11) is 1.45. The van der Waals surface area contributed by atoms with Crippen LogP contribution >= 0.6 is 11.6 Å². The number of nitro benzene ring substituents is 1. The lowest BCUT2D eigenvalue weighted by Crippen LogP contribution is -1.97. The number of hydrogen-bond donors (Lipinski definition) is 1. The summed E-state index contributed by atoms with van der Waals surface area (Å²) < 4.78 is 10.7. The lowest BCUT2D eigenvalue weighted by molar-refractivity contribution is -0.384. The summed E-state index contributed by atoms with van der Waals surface area (Å²) in [4.78, 5) is 10.3. The van der Waals surface area contributed by atoms with Crippen LogP contribution in [0.1, 0.15) is 5.56 Å². The molecule has 0 aliphatic carbocycles. The van der Waals surface area contributed by atoms with E-state index in [1.54, 1.807) is 18.2 Å². The molecule has 0 aromatic heterocycles. The van der Waals surface area contributed by atoms with Crippen molar-refractivity contribution in [1.29, 1.82) is 0 Å². The van der Waals surface area contributed by atoms with Gasteiger partial charge in [-0.05, 0) is 23.8 Å². The smallest absolute Gasteiger partial charge is 0.273 e. The molecule has 0 fully saturated rings. The lowest BCUT2D eigenvalue weighted by atomic mass is 10.2. The van der Waals surface area contributed by atoms with Gasteiger partial charge in [-0.2, -0.15) is 0 Å². The zero-order chi connectivity index (χ0) is 15.4. The first-order chi connectivity index (χ1) is 10.0. The fraction of sp³-hybridized carbons (Fsp3) is 0.143. The first-order valence-corrected chi connectivity index (χ1v) is 6.41. The van der Waals surface area contributed by atoms with E-state index in [0.717, 1.165) is 5.56 Å². The average Bonchev–Trinajstić information content (AvgIpc) is 2.49. The lowest BCUT2D eigenvalue weighted by Gasteiger charge is -2.11. The fourth-order valence-corrected chi connectivity index (χ4v) is 1.97. The van der Waals surface area contributed by atoms with Crippen molar-refractivity contribution in [3.63, 3.8) is 0 Å². The second-order valence-electron chi connectivity index (χ2n) is 4.16. The maximum atomic E-state index is 10.8. The fourth-order valence-electron chi connectivity index (χ4n) is 1.73. The van der Waals surface area contributed by atoms with Crippen molar-refractivity contribution in [1.82, 2.24) is 0 Å². The first-order valence-electron chi connectivity index (χ1n) is 6.04. The molecule has 0 atom stereocenters. The van der Waals surface area contributed by atoms with Crippen LogP contribution in [0.5, 0.6) is 17.2 Å². The zero-order valence-corrected chi connectivity index (χ0v) is 12.0. The molecule has 21 heavy (non-hydrogen) atoms. The van der Waals surface area contributed by atoms with Gasteiger partial charge >= 0.3 is 0 Å². The average molecular weight is 309 g/mol. The van der Waals surface area contributed by atoms with Crippen molar-refractivity contribution in [2.24, 2.45) is 5.73 Å². The second kappa shape index (κ2) is 6.43. The number of ether oxygens (including phenoxy) is 2. The number of methoxy groups -OCH3 is 1. The van der Waals surface area contributed by atoms with Crippen LogP contribution in [0.3, 0.4) is 0 Å². The Hall–Kier alpha value is -2.31. The minimum absolute atomic E-state index is 0.0968. The van der Waals surface area contributed by atoms with Crippen LogP contribution in [0.15, 0.2) is 36.4 Å². The predicted molar refractivity (Wildman–Crippen MR) is 79.1 cm³/mol. The highest BCUT2D eigenvalue weighted by Gasteiger charge is 2.14. The van der Waals surface area contributed by atoms with E-state index >= 15 is 0 Å². The van der Waals surface area contributed by atoms with Gasteiger partial charge in [0.15, 0.2) is 11.5 Å². The van der Waals surface area contributed by atoms with Crippen LogP contribution in [-0.2, 0) is 6.54 Å². The zero-order valence-electron chi connectivity index (χ0n) is 11.2. The minimum atomic E-state index is -0.509. The molecule has 0 bridgehead atoms. The third-order valence-corrected chi connectivity index (χ3v) is 3.11. The highest BCUT2D eigenvalue weighted by atomic mass is 35.5. The number of non-ortho nitro benzene ring substituents is 1. The highest BCUT2D eigenvalue weighted by Crippen LogP contribution is 2.37. The number of nitrogens with zero attached hydrogens (tertiary/aromatic N) is 1. The molecule has 7 heteroatoms. The van der Waals surface area contributed by atoms with E-state index in [1.807, 2.05) is 0 Å². The number of rotatable bonds is 5. The number of halogens is 1. The van der Waals surface area contributed by atoms with Crippen LogP contribution in [0.2, 0.25) is 5.02 Å². The summed E-state index contributed by atoms with van der Waals surface area (Å²) in [6.07, 6.45) is 0. The Labute approximate surface area is 126 Å². The SMILES string of the molecule is COc1ccc([N+](=O)[O-])cc1Oc1ccc(CN)cc1Cl. The topological polar surface area (TPSA) is 87.6 Å². The Balaban J connectivity index is 2.38. The quantitative estimate of drug-likeness (QED) is 0.674. The Morgan fingerprint density at radius 3 is 2.48 bits per heavy atom.